The van der Waals surface area contributed by atoms with Gasteiger partial charge in [-0.15, -0.1) is 0 Å². The molecule has 0 saturated carbocycles. The molecule has 6 heterocycles. The molecule has 176 valence electrons. The van der Waals surface area contributed by atoms with E-state index in [1.54, 1.807) is 10.5 Å². The molecule has 4 aromatic rings. The van der Waals surface area contributed by atoms with E-state index in [4.69, 9.17) is 4.98 Å². The lowest BCUT2D eigenvalue weighted by atomic mass is 9.99. The van der Waals surface area contributed by atoms with Crippen molar-refractivity contribution in [1.82, 2.24) is 34.7 Å². The Morgan fingerprint density at radius 2 is 1.97 bits per heavy atom. The van der Waals surface area contributed by atoms with Gasteiger partial charge in [0.15, 0.2) is 5.82 Å². The zero-order valence-electron chi connectivity index (χ0n) is 18.6. The number of sulfonamides is 1. The standard InChI is InChI=1S/C22H25N9O2S/c1-13-7-21(30-29-13)27-20-10-19-18(3-2-6-23-19)22(28-20)26-14-8-15-4-5-16(9-14)31(15)34(32,33)17-11-24-25-12-17/h2-3,6-7,10-12,14-16H,4-5,8-9H2,1H3,(H,24,25)(H3,26,27,28,29,30). The molecule has 0 radical (unpaired) electrons. The van der Waals surface area contributed by atoms with Crippen molar-refractivity contribution in [2.45, 2.75) is 55.6 Å². The number of nitrogens with one attached hydrogen (secondary N) is 4. The second kappa shape index (κ2) is 8.06. The molecular weight excluding hydrogens is 454 g/mol. The van der Waals surface area contributed by atoms with Crippen LogP contribution in [0.3, 0.4) is 0 Å². The predicted octanol–water partition coefficient (Wildman–Crippen LogP) is 2.92. The van der Waals surface area contributed by atoms with Crippen LogP contribution in [0.5, 0.6) is 0 Å². The molecular formula is C22H25N9O2S. The smallest absolute Gasteiger partial charge is 0.246 e. The monoisotopic (exact) mass is 479 g/mol. The molecule has 2 fully saturated rings. The van der Waals surface area contributed by atoms with Gasteiger partial charge < -0.3 is 10.6 Å². The normalized spacial score (nSPS) is 22.8. The largest absolute Gasteiger partial charge is 0.367 e. The van der Waals surface area contributed by atoms with Gasteiger partial charge in [0, 0.05) is 53.7 Å². The van der Waals surface area contributed by atoms with Gasteiger partial charge in [-0.1, -0.05) is 0 Å². The lowest BCUT2D eigenvalue weighted by Gasteiger charge is -2.38. The third-order valence-corrected chi connectivity index (χ3v) is 8.59. The van der Waals surface area contributed by atoms with Gasteiger partial charge in [-0.05, 0) is 44.7 Å². The highest BCUT2D eigenvalue weighted by molar-refractivity contribution is 7.89. The summed E-state index contributed by atoms with van der Waals surface area (Å²) in [5.41, 5.74) is 1.77. The summed E-state index contributed by atoms with van der Waals surface area (Å²) in [7, 11) is -3.56. The number of anilines is 3. The molecule has 2 atom stereocenters. The molecule has 4 N–H and O–H groups in total. The Labute approximate surface area is 196 Å². The Hall–Kier alpha value is -3.51. The number of rotatable bonds is 6. The summed E-state index contributed by atoms with van der Waals surface area (Å²) >= 11 is 0. The number of aromatic nitrogens is 6. The highest BCUT2D eigenvalue weighted by Crippen LogP contribution is 2.41. The van der Waals surface area contributed by atoms with Crippen molar-refractivity contribution in [1.29, 1.82) is 0 Å². The second-order valence-corrected chi connectivity index (χ2v) is 10.8. The fourth-order valence-corrected chi connectivity index (χ4v) is 7.00. The van der Waals surface area contributed by atoms with E-state index in [0.717, 1.165) is 35.3 Å². The molecule has 2 aliphatic heterocycles. The van der Waals surface area contributed by atoms with Crippen LogP contribution in [0, 0.1) is 6.92 Å². The average molecular weight is 480 g/mol. The molecule has 0 spiro atoms. The van der Waals surface area contributed by atoms with Crippen LogP contribution in [-0.2, 0) is 10.0 Å². The maximum absolute atomic E-state index is 13.2. The third-order valence-electron chi connectivity index (χ3n) is 6.62. The van der Waals surface area contributed by atoms with Gasteiger partial charge in [0.25, 0.3) is 0 Å². The third kappa shape index (κ3) is 3.68. The topological polar surface area (TPSA) is 145 Å². The van der Waals surface area contributed by atoms with E-state index in [2.05, 4.69) is 36.0 Å². The highest BCUT2D eigenvalue weighted by atomic mass is 32.2. The lowest BCUT2D eigenvalue weighted by molar-refractivity contribution is 0.234. The molecule has 0 amide bonds. The quantitative estimate of drug-likeness (QED) is 0.330. The van der Waals surface area contributed by atoms with E-state index in [0.29, 0.717) is 24.5 Å². The van der Waals surface area contributed by atoms with Gasteiger partial charge in [-0.3, -0.25) is 15.2 Å². The van der Waals surface area contributed by atoms with Crippen LogP contribution in [0.4, 0.5) is 17.5 Å². The van der Waals surface area contributed by atoms with Crippen LogP contribution in [0.15, 0.2) is 47.8 Å². The zero-order chi connectivity index (χ0) is 23.3. The van der Waals surface area contributed by atoms with E-state index in [1.807, 2.05) is 31.2 Å². The first-order valence-corrected chi connectivity index (χ1v) is 12.7. The summed E-state index contributed by atoms with van der Waals surface area (Å²) in [4.78, 5) is 9.55. The van der Waals surface area contributed by atoms with Gasteiger partial charge in [0.1, 0.15) is 16.5 Å². The summed E-state index contributed by atoms with van der Waals surface area (Å²) in [6.07, 6.45) is 7.73. The number of nitrogens with zero attached hydrogens (tertiary/aromatic N) is 5. The maximum atomic E-state index is 13.2. The van der Waals surface area contributed by atoms with Crippen molar-refractivity contribution in [3.8, 4) is 0 Å². The Morgan fingerprint density at radius 1 is 1.15 bits per heavy atom. The van der Waals surface area contributed by atoms with E-state index in [-0.39, 0.29) is 23.0 Å². The van der Waals surface area contributed by atoms with E-state index in [9.17, 15) is 8.42 Å². The van der Waals surface area contributed by atoms with Crippen molar-refractivity contribution in [3.05, 3.63) is 48.5 Å². The van der Waals surface area contributed by atoms with Gasteiger partial charge in [-0.2, -0.15) is 14.5 Å². The number of pyridine rings is 2. The summed E-state index contributed by atoms with van der Waals surface area (Å²) in [6, 6.07) is 7.70. The highest BCUT2D eigenvalue weighted by Gasteiger charge is 2.47. The number of piperidine rings is 1. The SMILES string of the molecule is Cc1cc(Nc2cc3ncccc3c(NC3CC4CCC(C3)N4S(=O)(=O)c3cn[nH]c3)n2)n[nH]1. The van der Waals surface area contributed by atoms with Crippen molar-refractivity contribution in [2.24, 2.45) is 0 Å². The molecule has 11 nitrogen and oxygen atoms in total. The number of fused-ring (bicyclic) bond motifs is 3. The first-order chi connectivity index (χ1) is 16.5. The van der Waals surface area contributed by atoms with Gasteiger partial charge in [0.05, 0.1) is 11.7 Å². The minimum atomic E-state index is -3.56. The maximum Gasteiger partial charge on any atom is 0.246 e. The summed E-state index contributed by atoms with van der Waals surface area (Å²) in [5.74, 6) is 2.06. The van der Waals surface area contributed by atoms with Crippen LogP contribution in [0.1, 0.15) is 31.4 Å². The fourth-order valence-electron chi connectivity index (χ4n) is 5.20. The molecule has 0 aliphatic carbocycles. The van der Waals surface area contributed by atoms with E-state index in [1.165, 1.54) is 12.4 Å². The molecule has 2 unspecified atom stereocenters. The minimum Gasteiger partial charge on any atom is -0.367 e. The Morgan fingerprint density at radius 3 is 2.68 bits per heavy atom. The van der Waals surface area contributed by atoms with Gasteiger partial charge in [-0.25, -0.2) is 13.4 Å². The summed E-state index contributed by atoms with van der Waals surface area (Å²) < 4.78 is 28.0. The van der Waals surface area contributed by atoms with Gasteiger partial charge in [0.2, 0.25) is 10.0 Å². The Bertz CT molecular complexity index is 1420. The Balaban J connectivity index is 1.26. The first-order valence-electron chi connectivity index (χ1n) is 11.3. The average Bonchev–Trinajstić information content (AvgIpc) is 3.55. The first kappa shape index (κ1) is 21.1. The molecule has 6 rings (SSSR count). The number of H-pyrrole nitrogens is 2. The van der Waals surface area contributed by atoms with Crippen molar-refractivity contribution in [2.75, 3.05) is 10.6 Å². The Kier molecular flexibility index (Phi) is 4.99. The number of hydrogen-bond acceptors (Lipinski definition) is 8. The number of hydrogen-bond donors (Lipinski definition) is 4. The molecule has 2 aliphatic rings. The fraction of sp³-hybridized carbons (Fsp3) is 0.364. The van der Waals surface area contributed by atoms with E-state index >= 15 is 0 Å². The predicted molar refractivity (Wildman–Crippen MR) is 127 cm³/mol. The van der Waals surface area contributed by atoms with Gasteiger partial charge >= 0.3 is 0 Å². The minimum absolute atomic E-state index is 0.0473. The van der Waals surface area contributed by atoms with Crippen LogP contribution in [0.25, 0.3) is 10.9 Å². The molecule has 2 bridgehead atoms. The second-order valence-electron chi connectivity index (χ2n) is 8.95. The van der Waals surface area contributed by atoms with Crippen LogP contribution < -0.4 is 10.6 Å². The van der Waals surface area contributed by atoms with E-state index < -0.39 is 10.0 Å². The summed E-state index contributed by atoms with van der Waals surface area (Å²) in [5, 5.41) is 21.3. The summed E-state index contributed by atoms with van der Waals surface area (Å²) in [6.45, 7) is 1.94. The molecule has 2 saturated heterocycles. The molecule has 12 heteroatoms. The zero-order valence-corrected chi connectivity index (χ0v) is 19.4. The van der Waals surface area contributed by atoms with Crippen LogP contribution in [0.2, 0.25) is 0 Å². The van der Waals surface area contributed by atoms with Crippen molar-refractivity contribution >= 4 is 38.4 Å². The van der Waals surface area contributed by atoms with Crippen LogP contribution >= 0.6 is 0 Å². The molecule has 4 aromatic heterocycles. The number of aryl methyl sites for hydroxylation is 1. The lowest BCUT2D eigenvalue weighted by Crippen LogP contribution is -2.49. The molecule has 34 heavy (non-hydrogen) atoms. The van der Waals surface area contributed by atoms with Crippen molar-refractivity contribution < 1.29 is 8.42 Å². The molecule has 0 aromatic carbocycles. The van der Waals surface area contributed by atoms with Crippen LogP contribution in [-0.4, -0.2) is 61.2 Å². The number of aromatic amines is 2. The van der Waals surface area contributed by atoms with Crippen molar-refractivity contribution in [3.63, 3.8) is 0 Å².